The molecule has 0 radical (unpaired) electrons. The summed E-state index contributed by atoms with van der Waals surface area (Å²) in [6.07, 6.45) is -2.81. The Kier molecular flexibility index (Phi) is 5.05. The van der Waals surface area contributed by atoms with E-state index < -0.39 is 11.7 Å². The summed E-state index contributed by atoms with van der Waals surface area (Å²) in [4.78, 5) is 11.1. The van der Waals surface area contributed by atoms with Crippen LogP contribution in [0.4, 0.5) is 24.8 Å². The van der Waals surface area contributed by atoms with Gasteiger partial charge in [-0.25, -0.2) is 4.98 Å². The minimum absolute atomic E-state index is 0.223. The van der Waals surface area contributed by atoms with Gasteiger partial charge >= 0.3 is 6.18 Å². The molecule has 4 aromatic rings. The lowest BCUT2D eigenvalue weighted by Gasteiger charge is -2.08. The predicted molar refractivity (Wildman–Crippen MR) is 103 cm³/mol. The predicted octanol–water partition coefficient (Wildman–Crippen LogP) is 5.12. The van der Waals surface area contributed by atoms with Crippen molar-refractivity contribution in [3.63, 3.8) is 0 Å². The fourth-order valence-corrected chi connectivity index (χ4v) is 2.65. The number of aromatic amines is 1. The number of alkyl halides is 3. The quantitative estimate of drug-likeness (QED) is 0.473. The van der Waals surface area contributed by atoms with Gasteiger partial charge in [0, 0.05) is 23.5 Å². The minimum Gasteiger partial charge on any atom is -0.439 e. The zero-order valence-electron chi connectivity index (χ0n) is 15.6. The Balaban J connectivity index is 1.46. The number of hydrogen-bond acceptors (Lipinski definition) is 6. The molecule has 0 unspecified atom stereocenters. The van der Waals surface area contributed by atoms with Crippen LogP contribution in [0.1, 0.15) is 11.4 Å². The first-order valence-corrected chi connectivity index (χ1v) is 8.82. The van der Waals surface area contributed by atoms with E-state index in [9.17, 15) is 13.2 Å². The molecule has 10 heteroatoms. The Labute approximate surface area is 169 Å². The first-order valence-electron chi connectivity index (χ1n) is 8.82. The largest absolute Gasteiger partial charge is 0.439 e. The molecule has 0 aliphatic carbocycles. The third kappa shape index (κ3) is 4.54. The van der Waals surface area contributed by atoms with Crippen molar-refractivity contribution >= 4 is 11.6 Å². The van der Waals surface area contributed by atoms with Gasteiger partial charge in [-0.3, -0.25) is 0 Å². The molecule has 0 bridgehead atoms. The van der Waals surface area contributed by atoms with Crippen LogP contribution in [-0.4, -0.2) is 25.1 Å². The SMILES string of the molecule is Cc1nccc(Oc2ccc(-c3nnc(Nc4cccc(C(F)(F)F)c4)[nH]3)cc2)n1. The number of anilines is 2. The van der Waals surface area contributed by atoms with Crippen LogP contribution in [0, 0.1) is 6.92 Å². The van der Waals surface area contributed by atoms with Crippen molar-refractivity contribution in [3.8, 4) is 23.0 Å². The highest BCUT2D eigenvalue weighted by atomic mass is 19.4. The number of rotatable bonds is 5. The van der Waals surface area contributed by atoms with Crippen LogP contribution in [0.15, 0.2) is 60.8 Å². The molecule has 0 spiro atoms. The van der Waals surface area contributed by atoms with E-state index in [2.05, 4.69) is 30.5 Å². The zero-order chi connectivity index (χ0) is 21.1. The van der Waals surface area contributed by atoms with Gasteiger partial charge in [-0.05, 0) is 49.4 Å². The van der Waals surface area contributed by atoms with Gasteiger partial charge in [0.1, 0.15) is 11.6 Å². The standard InChI is InChI=1S/C20H15F3N6O/c1-12-24-10-9-17(25-12)30-16-7-5-13(6-8-16)18-27-19(29-28-18)26-15-4-2-3-14(11-15)20(21,22)23/h2-11H,1H3,(H2,26,27,28,29). The lowest BCUT2D eigenvalue weighted by molar-refractivity contribution is -0.137. The first-order chi connectivity index (χ1) is 14.4. The molecule has 2 aromatic heterocycles. The van der Waals surface area contributed by atoms with E-state index in [-0.39, 0.29) is 11.6 Å². The van der Waals surface area contributed by atoms with Crippen molar-refractivity contribution < 1.29 is 17.9 Å². The number of nitrogens with zero attached hydrogens (tertiary/aromatic N) is 4. The van der Waals surface area contributed by atoms with Crippen LogP contribution in [0.3, 0.4) is 0 Å². The number of nitrogens with one attached hydrogen (secondary N) is 2. The monoisotopic (exact) mass is 412 g/mol. The normalized spacial score (nSPS) is 11.3. The van der Waals surface area contributed by atoms with Gasteiger partial charge in [-0.15, -0.1) is 10.2 Å². The topological polar surface area (TPSA) is 88.6 Å². The molecule has 0 fully saturated rings. The van der Waals surface area contributed by atoms with E-state index in [4.69, 9.17) is 4.74 Å². The number of aryl methyl sites for hydroxylation is 1. The number of halogens is 3. The van der Waals surface area contributed by atoms with Crippen molar-refractivity contribution in [2.75, 3.05) is 5.32 Å². The minimum atomic E-state index is -4.42. The molecule has 4 rings (SSSR count). The summed E-state index contributed by atoms with van der Waals surface area (Å²) >= 11 is 0. The molecule has 2 aromatic carbocycles. The molecule has 30 heavy (non-hydrogen) atoms. The van der Waals surface area contributed by atoms with Gasteiger partial charge in [-0.2, -0.15) is 18.2 Å². The van der Waals surface area contributed by atoms with Gasteiger partial charge in [0.15, 0.2) is 5.82 Å². The molecule has 0 amide bonds. The molecule has 0 atom stereocenters. The highest BCUT2D eigenvalue weighted by Crippen LogP contribution is 2.31. The second-order valence-corrected chi connectivity index (χ2v) is 6.29. The highest BCUT2D eigenvalue weighted by molar-refractivity contribution is 5.60. The molecule has 0 aliphatic rings. The molecule has 0 aliphatic heterocycles. The summed E-state index contributed by atoms with van der Waals surface area (Å²) in [7, 11) is 0. The van der Waals surface area contributed by atoms with Crippen LogP contribution < -0.4 is 10.1 Å². The fourth-order valence-electron chi connectivity index (χ4n) is 2.65. The lowest BCUT2D eigenvalue weighted by atomic mass is 10.2. The van der Waals surface area contributed by atoms with E-state index >= 15 is 0 Å². The van der Waals surface area contributed by atoms with Crippen molar-refractivity contribution in [1.29, 1.82) is 0 Å². The third-order valence-electron chi connectivity index (χ3n) is 4.04. The van der Waals surface area contributed by atoms with Crippen molar-refractivity contribution in [2.24, 2.45) is 0 Å². The number of H-pyrrole nitrogens is 1. The van der Waals surface area contributed by atoms with Gasteiger partial charge in [0.05, 0.1) is 5.56 Å². The Morgan fingerprint density at radius 3 is 2.53 bits per heavy atom. The van der Waals surface area contributed by atoms with E-state index in [1.54, 1.807) is 43.5 Å². The summed E-state index contributed by atoms with van der Waals surface area (Å²) < 4.78 is 44.2. The summed E-state index contributed by atoms with van der Waals surface area (Å²) in [5.41, 5.74) is 0.226. The molecule has 2 heterocycles. The van der Waals surface area contributed by atoms with Crippen LogP contribution in [0.25, 0.3) is 11.4 Å². The van der Waals surface area contributed by atoms with Crippen LogP contribution >= 0.6 is 0 Å². The molecule has 2 N–H and O–H groups in total. The van der Waals surface area contributed by atoms with Crippen LogP contribution in [0.2, 0.25) is 0 Å². The number of benzene rings is 2. The van der Waals surface area contributed by atoms with Crippen molar-refractivity contribution in [1.82, 2.24) is 25.1 Å². The number of ether oxygens (including phenoxy) is 1. The van der Waals surface area contributed by atoms with Gasteiger partial charge in [0.25, 0.3) is 0 Å². The number of aromatic nitrogens is 5. The average molecular weight is 412 g/mol. The van der Waals surface area contributed by atoms with Crippen LogP contribution in [-0.2, 0) is 6.18 Å². The lowest BCUT2D eigenvalue weighted by Crippen LogP contribution is -2.05. The van der Waals surface area contributed by atoms with E-state index in [0.717, 1.165) is 17.7 Å². The molecule has 7 nitrogen and oxygen atoms in total. The van der Waals surface area contributed by atoms with E-state index in [1.165, 1.54) is 12.1 Å². The molecular formula is C20H15F3N6O. The van der Waals surface area contributed by atoms with E-state index in [0.29, 0.717) is 23.3 Å². The summed E-state index contributed by atoms with van der Waals surface area (Å²) in [5, 5.41) is 10.7. The average Bonchev–Trinajstić information content (AvgIpc) is 3.17. The maximum absolute atomic E-state index is 12.8. The summed E-state index contributed by atoms with van der Waals surface area (Å²) in [6.45, 7) is 1.77. The molecule has 0 saturated carbocycles. The van der Waals surface area contributed by atoms with Crippen LogP contribution in [0.5, 0.6) is 11.6 Å². The van der Waals surface area contributed by atoms with Gasteiger partial charge in [0.2, 0.25) is 11.8 Å². The summed E-state index contributed by atoms with van der Waals surface area (Å²) in [5.74, 6) is 2.29. The Hall–Kier alpha value is -3.95. The third-order valence-corrected chi connectivity index (χ3v) is 4.04. The Morgan fingerprint density at radius 2 is 1.80 bits per heavy atom. The first kappa shape index (κ1) is 19.4. The molecular weight excluding hydrogens is 397 g/mol. The van der Waals surface area contributed by atoms with Crippen molar-refractivity contribution in [2.45, 2.75) is 13.1 Å². The highest BCUT2D eigenvalue weighted by Gasteiger charge is 2.30. The Morgan fingerprint density at radius 1 is 1.00 bits per heavy atom. The number of hydrogen-bond donors (Lipinski definition) is 2. The zero-order valence-corrected chi connectivity index (χ0v) is 15.6. The van der Waals surface area contributed by atoms with E-state index in [1.807, 2.05) is 0 Å². The fraction of sp³-hybridized carbons (Fsp3) is 0.100. The van der Waals surface area contributed by atoms with Gasteiger partial charge < -0.3 is 15.0 Å². The second kappa shape index (κ2) is 7.82. The maximum atomic E-state index is 12.8. The van der Waals surface area contributed by atoms with Gasteiger partial charge in [-0.1, -0.05) is 6.07 Å². The summed E-state index contributed by atoms with van der Waals surface area (Å²) in [6, 6.07) is 13.5. The second-order valence-electron chi connectivity index (χ2n) is 6.29. The molecule has 152 valence electrons. The smallest absolute Gasteiger partial charge is 0.416 e. The maximum Gasteiger partial charge on any atom is 0.416 e. The Bertz CT molecular complexity index is 1160. The van der Waals surface area contributed by atoms with Crippen molar-refractivity contribution in [3.05, 3.63) is 72.2 Å². The molecule has 0 saturated heterocycles.